The first kappa shape index (κ1) is 24.3. The molecule has 1 rings (SSSR count). The molecule has 0 unspecified atom stereocenters. The minimum absolute atomic E-state index is 0.150. The molecule has 0 aliphatic rings. The summed E-state index contributed by atoms with van der Waals surface area (Å²) in [5.74, 6) is 0.548. The minimum Gasteiger partial charge on any atom is -0.504 e. The van der Waals surface area contributed by atoms with Crippen LogP contribution in [0.1, 0.15) is 103 Å². The summed E-state index contributed by atoms with van der Waals surface area (Å²) in [6.07, 6.45) is 17.8. The second-order valence-electron chi connectivity index (χ2n) is 7.72. The van der Waals surface area contributed by atoms with Gasteiger partial charge in [-0.05, 0) is 18.9 Å². The molecule has 0 aliphatic carbocycles. The number of aromatic hydroxyl groups is 1. The highest BCUT2D eigenvalue weighted by molar-refractivity contribution is 5.70. The van der Waals surface area contributed by atoms with E-state index in [0.29, 0.717) is 11.5 Å². The van der Waals surface area contributed by atoms with Crippen LogP contribution in [-0.4, -0.2) is 18.2 Å². The fourth-order valence-corrected chi connectivity index (χ4v) is 3.54. The van der Waals surface area contributed by atoms with Crippen molar-refractivity contribution in [3.05, 3.63) is 17.7 Å². The Morgan fingerprint density at radius 2 is 1.36 bits per heavy atom. The maximum atomic E-state index is 11.2. The number of ether oxygens (including phenoxy) is 2. The molecule has 1 aromatic carbocycles. The predicted octanol–water partition coefficient (Wildman–Crippen LogP) is 6.96. The number of hydrogen-bond donors (Lipinski definition) is 1. The SMILES string of the molecule is CCCCCCCCCCCCCCCc1cc(OC(C)=O)cc(OC)c1O. The molecule has 0 aromatic heterocycles. The van der Waals surface area contributed by atoms with Crippen molar-refractivity contribution in [3.63, 3.8) is 0 Å². The van der Waals surface area contributed by atoms with Crippen molar-refractivity contribution < 1.29 is 19.4 Å². The highest BCUT2D eigenvalue weighted by atomic mass is 16.5. The van der Waals surface area contributed by atoms with Gasteiger partial charge in [0.05, 0.1) is 7.11 Å². The number of aryl methyl sites for hydroxylation is 1. The molecule has 4 nitrogen and oxygen atoms in total. The number of phenols is 1. The lowest BCUT2D eigenvalue weighted by molar-refractivity contribution is -0.131. The van der Waals surface area contributed by atoms with Crippen LogP contribution in [0.5, 0.6) is 17.2 Å². The van der Waals surface area contributed by atoms with Crippen molar-refractivity contribution in [2.24, 2.45) is 0 Å². The van der Waals surface area contributed by atoms with Crippen LogP contribution in [0.25, 0.3) is 0 Å². The van der Waals surface area contributed by atoms with Gasteiger partial charge >= 0.3 is 5.97 Å². The number of carbonyl (C=O) groups is 1. The van der Waals surface area contributed by atoms with E-state index in [1.165, 1.54) is 84.7 Å². The fourth-order valence-electron chi connectivity index (χ4n) is 3.54. The quantitative estimate of drug-likeness (QED) is 0.188. The lowest BCUT2D eigenvalue weighted by Gasteiger charge is -2.12. The van der Waals surface area contributed by atoms with Gasteiger partial charge in [-0.2, -0.15) is 0 Å². The predicted molar refractivity (Wildman–Crippen MR) is 115 cm³/mol. The number of hydrogen-bond acceptors (Lipinski definition) is 4. The third-order valence-corrected chi connectivity index (χ3v) is 5.16. The molecule has 0 atom stereocenters. The molecular formula is C24H40O4. The highest BCUT2D eigenvalue weighted by Gasteiger charge is 2.12. The van der Waals surface area contributed by atoms with E-state index < -0.39 is 0 Å². The number of unbranched alkanes of at least 4 members (excludes halogenated alkanes) is 12. The van der Waals surface area contributed by atoms with Gasteiger partial charge in [-0.3, -0.25) is 4.79 Å². The summed E-state index contributed by atoms with van der Waals surface area (Å²) in [5.41, 5.74) is 0.777. The van der Waals surface area contributed by atoms with Gasteiger partial charge in [-0.15, -0.1) is 0 Å². The Kier molecular flexibility index (Phi) is 13.2. The highest BCUT2D eigenvalue weighted by Crippen LogP contribution is 2.35. The standard InChI is InChI=1S/C24H40O4/c1-4-5-6-7-8-9-10-11-12-13-14-15-16-17-21-18-22(28-20(2)25)19-23(27-3)24(21)26/h18-19,26H,4-17H2,1-3H3. The number of phenolic OH excluding ortho intramolecular Hbond substituents is 1. The van der Waals surface area contributed by atoms with Crippen molar-refractivity contribution in [1.82, 2.24) is 0 Å². The Morgan fingerprint density at radius 1 is 0.857 bits per heavy atom. The maximum Gasteiger partial charge on any atom is 0.308 e. The third-order valence-electron chi connectivity index (χ3n) is 5.16. The van der Waals surface area contributed by atoms with E-state index in [1.807, 2.05) is 0 Å². The number of carbonyl (C=O) groups excluding carboxylic acids is 1. The van der Waals surface area contributed by atoms with Crippen molar-refractivity contribution in [2.45, 2.75) is 104 Å². The first-order valence-corrected chi connectivity index (χ1v) is 11.2. The summed E-state index contributed by atoms with van der Waals surface area (Å²) in [5, 5.41) is 10.3. The topological polar surface area (TPSA) is 55.8 Å². The van der Waals surface area contributed by atoms with Crippen LogP contribution in [0.3, 0.4) is 0 Å². The lowest BCUT2D eigenvalue weighted by Crippen LogP contribution is -2.02. The van der Waals surface area contributed by atoms with Crippen LogP contribution < -0.4 is 9.47 Å². The average Bonchev–Trinajstić information content (AvgIpc) is 2.67. The second-order valence-corrected chi connectivity index (χ2v) is 7.72. The fraction of sp³-hybridized carbons (Fsp3) is 0.708. The molecule has 0 radical (unpaired) electrons. The Hall–Kier alpha value is -1.71. The summed E-state index contributed by atoms with van der Waals surface area (Å²) < 4.78 is 10.3. The summed E-state index contributed by atoms with van der Waals surface area (Å²) in [7, 11) is 1.50. The van der Waals surface area contributed by atoms with Gasteiger partial charge in [0.25, 0.3) is 0 Å². The van der Waals surface area contributed by atoms with Crippen LogP contribution in [-0.2, 0) is 11.2 Å². The molecule has 28 heavy (non-hydrogen) atoms. The van der Waals surface area contributed by atoms with E-state index in [1.54, 1.807) is 12.1 Å². The minimum atomic E-state index is -0.375. The smallest absolute Gasteiger partial charge is 0.308 e. The van der Waals surface area contributed by atoms with Crippen LogP contribution in [0.15, 0.2) is 12.1 Å². The molecule has 1 N–H and O–H groups in total. The first-order chi connectivity index (χ1) is 13.6. The van der Waals surface area contributed by atoms with Crippen molar-refractivity contribution in [2.75, 3.05) is 7.11 Å². The average molecular weight is 393 g/mol. The molecule has 0 spiro atoms. The second kappa shape index (κ2) is 15.2. The number of rotatable bonds is 16. The van der Waals surface area contributed by atoms with Gasteiger partial charge in [-0.1, -0.05) is 84.0 Å². The lowest BCUT2D eigenvalue weighted by atomic mass is 10.0. The zero-order valence-electron chi connectivity index (χ0n) is 18.2. The van der Waals surface area contributed by atoms with Crippen molar-refractivity contribution in [1.29, 1.82) is 0 Å². The van der Waals surface area contributed by atoms with E-state index in [-0.39, 0.29) is 11.7 Å². The number of methoxy groups -OCH3 is 1. The normalized spacial score (nSPS) is 10.8. The monoisotopic (exact) mass is 392 g/mol. The van der Waals surface area contributed by atoms with Gasteiger partial charge in [0.2, 0.25) is 0 Å². The van der Waals surface area contributed by atoms with Crippen molar-refractivity contribution >= 4 is 5.97 Å². The Bertz CT molecular complexity index is 554. The summed E-state index contributed by atoms with van der Waals surface area (Å²) in [4.78, 5) is 11.2. The number of esters is 1. The third kappa shape index (κ3) is 10.6. The molecule has 0 amide bonds. The molecule has 160 valence electrons. The maximum absolute atomic E-state index is 11.2. The van der Waals surface area contributed by atoms with Gasteiger partial charge in [0.15, 0.2) is 11.5 Å². The van der Waals surface area contributed by atoms with Gasteiger partial charge in [-0.25, -0.2) is 0 Å². The largest absolute Gasteiger partial charge is 0.504 e. The molecular weight excluding hydrogens is 352 g/mol. The van der Waals surface area contributed by atoms with Crippen LogP contribution in [0.2, 0.25) is 0 Å². The summed E-state index contributed by atoms with van der Waals surface area (Å²) >= 11 is 0. The van der Waals surface area contributed by atoms with E-state index in [0.717, 1.165) is 24.8 Å². The summed E-state index contributed by atoms with van der Waals surface area (Å²) in [6.45, 7) is 3.63. The van der Waals surface area contributed by atoms with E-state index in [2.05, 4.69) is 6.92 Å². The van der Waals surface area contributed by atoms with E-state index in [9.17, 15) is 9.90 Å². The zero-order chi connectivity index (χ0) is 20.6. The molecule has 0 heterocycles. The summed E-state index contributed by atoms with van der Waals surface area (Å²) in [6, 6.07) is 3.28. The van der Waals surface area contributed by atoms with Crippen LogP contribution in [0, 0.1) is 0 Å². The van der Waals surface area contributed by atoms with Gasteiger partial charge < -0.3 is 14.6 Å². The van der Waals surface area contributed by atoms with E-state index in [4.69, 9.17) is 9.47 Å². The Labute approximate surface area is 171 Å². The van der Waals surface area contributed by atoms with Gasteiger partial charge in [0.1, 0.15) is 5.75 Å². The molecule has 0 bridgehead atoms. The Morgan fingerprint density at radius 3 is 1.82 bits per heavy atom. The molecule has 0 aliphatic heterocycles. The molecule has 4 heteroatoms. The van der Waals surface area contributed by atoms with E-state index >= 15 is 0 Å². The molecule has 0 saturated heterocycles. The number of benzene rings is 1. The Balaban J connectivity index is 2.16. The van der Waals surface area contributed by atoms with Crippen LogP contribution >= 0.6 is 0 Å². The zero-order valence-corrected chi connectivity index (χ0v) is 18.2. The molecule has 0 saturated carbocycles. The first-order valence-electron chi connectivity index (χ1n) is 11.2. The van der Waals surface area contributed by atoms with Crippen molar-refractivity contribution in [3.8, 4) is 17.2 Å². The molecule has 0 fully saturated rings. The molecule has 1 aromatic rings. The van der Waals surface area contributed by atoms with Crippen LogP contribution in [0.4, 0.5) is 0 Å². The van der Waals surface area contributed by atoms with Gasteiger partial charge in [0, 0.05) is 18.6 Å².